The zero-order valence-electron chi connectivity index (χ0n) is 15.9. The maximum absolute atomic E-state index is 13.0. The molecule has 5 rings (SSSR count). The number of hydrogen-bond acceptors (Lipinski definition) is 9. The Kier molecular flexibility index (Phi) is 4.42. The molecular weight excluding hydrogens is 572 g/mol. The van der Waals surface area contributed by atoms with E-state index in [1.165, 1.54) is 24.3 Å². The van der Waals surface area contributed by atoms with Gasteiger partial charge in [-0.1, -0.05) is 12.1 Å². The van der Waals surface area contributed by atoms with Crippen LogP contribution in [-0.4, -0.2) is 26.0 Å². The fraction of sp³-hybridized carbons (Fsp3) is 0.0500. The molecule has 0 aromatic heterocycles. The lowest BCUT2D eigenvalue weighted by molar-refractivity contribution is -0.386. The van der Waals surface area contributed by atoms with Crippen LogP contribution in [0.5, 0.6) is 23.0 Å². The molecule has 13 heteroatoms. The van der Waals surface area contributed by atoms with Crippen molar-refractivity contribution < 1.29 is 34.3 Å². The number of carbonyl (C=O) groups excluding carboxylic acids is 1. The van der Waals surface area contributed by atoms with E-state index in [4.69, 9.17) is 9.47 Å². The number of fused-ring (bicyclic) bond motifs is 6. The third-order valence-corrected chi connectivity index (χ3v) is 6.98. The molecule has 1 atom stereocenters. The van der Waals surface area contributed by atoms with Gasteiger partial charge in [0.15, 0.2) is 17.1 Å². The molecule has 2 aliphatic heterocycles. The van der Waals surface area contributed by atoms with Crippen molar-refractivity contribution in [2.45, 2.75) is 5.60 Å². The molecule has 0 aliphatic carbocycles. The smallest absolute Gasteiger partial charge is 0.347 e. The highest BCUT2D eigenvalue weighted by atomic mass is 79.9. The minimum Gasteiger partial charge on any atom is -0.507 e. The van der Waals surface area contributed by atoms with Crippen molar-refractivity contribution in [1.82, 2.24) is 0 Å². The summed E-state index contributed by atoms with van der Waals surface area (Å²) in [5.41, 5.74) is -3.28. The molecule has 0 fully saturated rings. The lowest BCUT2D eigenvalue weighted by Gasteiger charge is -2.37. The molecule has 3 aromatic carbocycles. The molecule has 0 radical (unpaired) electrons. The number of phenols is 2. The summed E-state index contributed by atoms with van der Waals surface area (Å²) in [4.78, 5) is 34.6. The molecule has 1 spiro atoms. The summed E-state index contributed by atoms with van der Waals surface area (Å²) in [5, 5.41) is 43.8. The number of carbonyl (C=O) groups is 1. The van der Waals surface area contributed by atoms with Crippen molar-refractivity contribution in [3.8, 4) is 23.0 Å². The second-order valence-electron chi connectivity index (χ2n) is 7.10. The largest absolute Gasteiger partial charge is 0.507 e. The Bertz CT molecular complexity index is 1460. The number of aromatic hydroxyl groups is 2. The topological polar surface area (TPSA) is 162 Å². The van der Waals surface area contributed by atoms with Crippen LogP contribution < -0.4 is 4.74 Å². The fourth-order valence-electron chi connectivity index (χ4n) is 4.12. The minimum atomic E-state index is -1.90. The van der Waals surface area contributed by atoms with Crippen LogP contribution >= 0.6 is 31.9 Å². The van der Waals surface area contributed by atoms with Crippen LogP contribution in [0.3, 0.4) is 0 Å². The van der Waals surface area contributed by atoms with Crippen LogP contribution in [0.15, 0.2) is 45.3 Å². The number of nitrogens with zero attached hydrogens (tertiary/aromatic N) is 2. The molecule has 11 nitrogen and oxygen atoms in total. The molecule has 2 aliphatic rings. The normalized spacial score (nSPS) is 17.6. The third kappa shape index (κ3) is 2.63. The van der Waals surface area contributed by atoms with Crippen molar-refractivity contribution in [2.24, 2.45) is 0 Å². The quantitative estimate of drug-likeness (QED) is 0.241. The second-order valence-corrected chi connectivity index (χ2v) is 8.68. The second kappa shape index (κ2) is 6.89. The van der Waals surface area contributed by atoms with E-state index in [1.54, 1.807) is 0 Å². The monoisotopic (exact) mass is 578 g/mol. The molecule has 0 saturated carbocycles. The van der Waals surface area contributed by atoms with Crippen LogP contribution in [0.25, 0.3) is 0 Å². The third-order valence-electron chi connectivity index (χ3n) is 5.48. The first-order valence-electron chi connectivity index (χ1n) is 9.01. The van der Waals surface area contributed by atoms with Gasteiger partial charge in [0.2, 0.25) is 5.75 Å². The van der Waals surface area contributed by atoms with E-state index in [0.29, 0.717) is 0 Å². The van der Waals surface area contributed by atoms with Crippen LogP contribution in [-0.2, 0) is 10.3 Å². The van der Waals surface area contributed by atoms with Crippen molar-refractivity contribution in [3.05, 3.63) is 87.8 Å². The summed E-state index contributed by atoms with van der Waals surface area (Å²) in [7, 11) is 0. The Morgan fingerprint density at radius 3 is 2.21 bits per heavy atom. The fourth-order valence-corrected chi connectivity index (χ4v) is 5.05. The molecule has 0 amide bonds. The number of nitro benzene ring substituents is 2. The van der Waals surface area contributed by atoms with Crippen LogP contribution in [0.2, 0.25) is 0 Å². The zero-order chi connectivity index (χ0) is 23.8. The molecule has 0 bridgehead atoms. The number of hydrogen-bond donors (Lipinski definition) is 2. The van der Waals surface area contributed by atoms with Crippen LogP contribution in [0.4, 0.5) is 11.4 Å². The van der Waals surface area contributed by atoms with E-state index in [1.807, 2.05) is 0 Å². The first-order chi connectivity index (χ1) is 15.6. The molecule has 3 aromatic rings. The average molecular weight is 580 g/mol. The predicted octanol–water partition coefficient (Wildman–Crippen LogP) is 5.01. The summed E-state index contributed by atoms with van der Waals surface area (Å²) in [6.07, 6.45) is 0. The highest BCUT2D eigenvalue weighted by molar-refractivity contribution is 9.11. The number of rotatable bonds is 2. The van der Waals surface area contributed by atoms with Crippen molar-refractivity contribution in [1.29, 1.82) is 0 Å². The van der Waals surface area contributed by atoms with E-state index < -0.39 is 38.5 Å². The Morgan fingerprint density at radius 2 is 1.55 bits per heavy atom. The predicted molar refractivity (Wildman–Crippen MR) is 117 cm³/mol. The van der Waals surface area contributed by atoms with Gasteiger partial charge in [0, 0.05) is 23.3 Å². The van der Waals surface area contributed by atoms with Gasteiger partial charge in [-0.2, -0.15) is 0 Å². The number of benzene rings is 3. The Morgan fingerprint density at radius 1 is 0.879 bits per heavy atom. The molecule has 2 N–H and O–H groups in total. The Labute approximate surface area is 199 Å². The van der Waals surface area contributed by atoms with E-state index >= 15 is 0 Å². The van der Waals surface area contributed by atoms with Gasteiger partial charge in [-0.05, 0) is 44.0 Å². The Hall–Kier alpha value is -3.71. The van der Waals surface area contributed by atoms with Gasteiger partial charge in [0.05, 0.1) is 15.4 Å². The molecule has 33 heavy (non-hydrogen) atoms. The van der Waals surface area contributed by atoms with E-state index in [-0.39, 0.29) is 48.4 Å². The molecule has 2 heterocycles. The number of nitro groups is 2. The van der Waals surface area contributed by atoms with Gasteiger partial charge in [0.1, 0.15) is 20.3 Å². The molecular formula is C20H8Br2N2O9. The summed E-state index contributed by atoms with van der Waals surface area (Å²) in [5.74, 6) is -2.13. The van der Waals surface area contributed by atoms with Gasteiger partial charge in [-0.15, -0.1) is 0 Å². The number of esters is 1. The standard InChI is InChI=1S/C20H8Br2N2O9/c21-14-12(25)5-4-8-17(14)32-18-9(6-11(24(30)31)16(26)15(18)22)20(8)7-2-1-3-10(23(28)29)13(7)19(27)33-20/h1-6,25-26H. The first kappa shape index (κ1) is 21.2. The van der Waals surface area contributed by atoms with Gasteiger partial charge < -0.3 is 19.7 Å². The number of ether oxygens (including phenoxy) is 2. The van der Waals surface area contributed by atoms with Gasteiger partial charge in [-0.3, -0.25) is 20.2 Å². The van der Waals surface area contributed by atoms with Gasteiger partial charge in [0.25, 0.3) is 5.69 Å². The summed E-state index contributed by atoms with van der Waals surface area (Å²) in [6.45, 7) is 0. The van der Waals surface area contributed by atoms with Crippen LogP contribution in [0.1, 0.15) is 27.0 Å². The number of halogens is 2. The zero-order valence-corrected chi connectivity index (χ0v) is 19.0. The number of phenolic OH excluding ortho intramolecular Hbond substituents is 2. The maximum Gasteiger partial charge on any atom is 0.347 e. The van der Waals surface area contributed by atoms with E-state index in [9.17, 15) is 35.2 Å². The van der Waals surface area contributed by atoms with Crippen molar-refractivity contribution >= 4 is 49.2 Å². The molecule has 0 saturated heterocycles. The Balaban J connectivity index is 1.99. The average Bonchev–Trinajstić information content (AvgIpc) is 3.07. The summed E-state index contributed by atoms with van der Waals surface area (Å²) in [6, 6.07) is 7.58. The van der Waals surface area contributed by atoms with E-state index in [2.05, 4.69) is 31.9 Å². The molecule has 1 unspecified atom stereocenters. The summed E-state index contributed by atoms with van der Waals surface area (Å²) < 4.78 is 11.5. The molecule has 166 valence electrons. The van der Waals surface area contributed by atoms with Gasteiger partial charge >= 0.3 is 11.7 Å². The first-order valence-corrected chi connectivity index (χ1v) is 10.6. The maximum atomic E-state index is 13.0. The summed E-state index contributed by atoms with van der Waals surface area (Å²) >= 11 is 6.31. The highest BCUT2D eigenvalue weighted by Crippen LogP contribution is 2.62. The van der Waals surface area contributed by atoms with Crippen molar-refractivity contribution in [2.75, 3.05) is 0 Å². The van der Waals surface area contributed by atoms with Crippen LogP contribution in [0, 0.1) is 20.2 Å². The van der Waals surface area contributed by atoms with E-state index in [0.717, 1.165) is 12.1 Å². The minimum absolute atomic E-state index is 0.0105. The van der Waals surface area contributed by atoms with Crippen molar-refractivity contribution in [3.63, 3.8) is 0 Å². The SMILES string of the molecule is O=C1OC2(c3ccc(O)c(Br)c3Oc3c2cc([N+](=O)[O-])c(O)c3Br)c2cccc([N+](=O)[O-])c21. The highest BCUT2D eigenvalue weighted by Gasteiger charge is 2.57. The lowest BCUT2D eigenvalue weighted by Crippen LogP contribution is -2.33. The lowest BCUT2D eigenvalue weighted by atomic mass is 9.77. The van der Waals surface area contributed by atoms with Gasteiger partial charge in [-0.25, -0.2) is 4.79 Å².